The Morgan fingerprint density at radius 2 is 2.29 bits per heavy atom. The first-order valence-electron chi connectivity index (χ1n) is 4.91. The highest BCUT2D eigenvalue weighted by Crippen LogP contribution is 2.25. The molecule has 1 unspecified atom stereocenters. The number of hydrogen-bond donors (Lipinski definition) is 0. The minimum atomic E-state index is 0.902. The highest BCUT2D eigenvalue weighted by Gasteiger charge is 2.22. The Balaban J connectivity index is 2.06. The molecule has 1 atom stereocenters. The molecule has 0 saturated carbocycles. The molecule has 3 heteroatoms. The van der Waals surface area contributed by atoms with Gasteiger partial charge in [-0.05, 0) is 18.2 Å². The van der Waals surface area contributed by atoms with Crippen LogP contribution in [0.5, 0.6) is 0 Å². The van der Waals surface area contributed by atoms with Gasteiger partial charge in [-0.3, -0.25) is 0 Å². The van der Waals surface area contributed by atoms with Gasteiger partial charge in [-0.2, -0.15) is 0 Å². The molecule has 2 heterocycles. The molecule has 1 aromatic rings. The maximum atomic E-state index is 5.92. The molecule has 2 rings (SSSR count). The molecule has 1 aromatic heterocycles. The van der Waals surface area contributed by atoms with Crippen LogP contribution in [0.1, 0.15) is 11.3 Å². The van der Waals surface area contributed by atoms with Gasteiger partial charge < -0.3 is 4.48 Å². The molecule has 1 aliphatic rings. The lowest BCUT2D eigenvalue weighted by Crippen LogP contribution is -2.45. The van der Waals surface area contributed by atoms with Crippen LogP contribution in [0.3, 0.4) is 0 Å². The van der Waals surface area contributed by atoms with Crippen LogP contribution >= 0.6 is 22.9 Å². The van der Waals surface area contributed by atoms with Gasteiger partial charge in [0, 0.05) is 6.42 Å². The minimum absolute atomic E-state index is 0.902. The first-order valence-corrected chi connectivity index (χ1v) is 6.10. The van der Waals surface area contributed by atoms with Gasteiger partial charge >= 0.3 is 0 Å². The number of nitrogens with zero attached hydrogens (tertiary/aromatic N) is 1. The summed E-state index contributed by atoms with van der Waals surface area (Å²) in [6.45, 7) is 3.50. The van der Waals surface area contributed by atoms with E-state index in [-0.39, 0.29) is 0 Å². The second kappa shape index (κ2) is 4.05. The van der Waals surface area contributed by atoms with E-state index in [9.17, 15) is 0 Å². The van der Waals surface area contributed by atoms with Crippen LogP contribution in [0.2, 0.25) is 4.34 Å². The zero-order valence-corrected chi connectivity index (χ0v) is 9.94. The Kier molecular flexibility index (Phi) is 2.96. The van der Waals surface area contributed by atoms with Crippen LogP contribution in [0.25, 0.3) is 0 Å². The molecule has 0 N–H and O–H groups in total. The van der Waals surface area contributed by atoms with Crippen LogP contribution in [-0.2, 0) is 6.54 Å². The van der Waals surface area contributed by atoms with E-state index in [1.54, 1.807) is 11.3 Å². The van der Waals surface area contributed by atoms with E-state index < -0.39 is 0 Å². The Hall–Kier alpha value is -0.310. The topological polar surface area (TPSA) is 0 Å². The Morgan fingerprint density at radius 1 is 1.43 bits per heavy atom. The molecular weight excluding hydrogens is 214 g/mol. The highest BCUT2D eigenvalue weighted by atomic mass is 35.5. The fourth-order valence-electron chi connectivity index (χ4n) is 1.88. The van der Waals surface area contributed by atoms with Gasteiger partial charge in [0.1, 0.15) is 6.54 Å². The van der Waals surface area contributed by atoms with Crippen LogP contribution in [0.15, 0.2) is 24.3 Å². The maximum Gasteiger partial charge on any atom is 0.114 e. The molecule has 0 fully saturated rings. The van der Waals surface area contributed by atoms with Crippen molar-refractivity contribution in [2.45, 2.75) is 13.0 Å². The Bertz CT molecular complexity index is 345. The molecule has 0 saturated heterocycles. The maximum absolute atomic E-state index is 5.92. The third-order valence-corrected chi connectivity index (χ3v) is 3.93. The number of thiophene rings is 1. The third-order valence-electron chi connectivity index (χ3n) is 2.71. The fraction of sp³-hybridized carbons (Fsp3) is 0.455. The summed E-state index contributed by atoms with van der Waals surface area (Å²) < 4.78 is 2.02. The number of hydrogen-bond acceptors (Lipinski definition) is 1. The Morgan fingerprint density at radius 3 is 2.86 bits per heavy atom. The molecule has 0 amide bonds. The summed E-state index contributed by atoms with van der Waals surface area (Å²) in [5.74, 6) is 0. The van der Waals surface area contributed by atoms with Crippen LogP contribution < -0.4 is 0 Å². The summed E-state index contributed by atoms with van der Waals surface area (Å²) in [6, 6.07) is 4.14. The number of quaternary nitrogens is 1. The summed E-state index contributed by atoms with van der Waals surface area (Å²) >= 11 is 7.63. The second-order valence-electron chi connectivity index (χ2n) is 4.15. The largest absolute Gasteiger partial charge is 0.318 e. The van der Waals surface area contributed by atoms with Crippen molar-refractivity contribution in [2.75, 3.05) is 20.1 Å². The highest BCUT2D eigenvalue weighted by molar-refractivity contribution is 7.16. The van der Waals surface area contributed by atoms with Crippen molar-refractivity contribution in [3.63, 3.8) is 0 Å². The zero-order valence-electron chi connectivity index (χ0n) is 8.37. The molecule has 1 aliphatic heterocycles. The van der Waals surface area contributed by atoms with E-state index in [2.05, 4.69) is 25.3 Å². The lowest BCUT2D eigenvalue weighted by atomic mass is 10.2. The minimum Gasteiger partial charge on any atom is -0.318 e. The van der Waals surface area contributed by atoms with Crippen molar-refractivity contribution in [1.82, 2.24) is 0 Å². The van der Waals surface area contributed by atoms with E-state index in [1.165, 1.54) is 17.8 Å². The van der Waals surface area contributed by atoms with Crippen molar-refractivity contribution in [3.05, 3.63) is 33.5 Å². The van der Waals surface area contributed by atoms with Crippen molar-refractivity contribution in [2.24, 2.45) is 0 Å². The van der Waals surface area contributed by atoms with Gasteiger partial charge in [0.2, 0.25) is 0 Å². The Labute approximate surface area is 94.2 Å². The SMILES string of the molecule is C[N+]1(Cc2ccc(Cl)s2)CC=CCC1. The fourth-order valence-corrected chi connectivity index (χ4v) is 3.14. The molecule has 0 spiro atoms. The molecule has 0 bridgehead atoms. The molecule has 0 radical (unpaired) electrons. The zero-order chi connectivity index (χ0) is 10.0. The van der Waals surface area contributed by atoms with E-state index in [1.807, 2.05) is 6.07 Å². The number of halogens is 1. The van der Waals surface area contributed by atoms with Crippen LogP contribution in [-0.4, -0.2) is 24.6 Å². The first kappa shape index (κ1) is 10.2. The van der Waals surface area contributed by atoms with Gasteiger partial charge in [0.25, 0.3) is 0 Å². The van der Waals surface area contributed by atoms with Crippen LogP contribution in [0, 0.1) is 0 Å². The van der Waals surface area contributed by atoms with E-state index in [0.717, 1.165) is 21.9 Å². The van der Waals surface area contributed by atoms with E-state index in [0.29, 0.717) is 0 Å². The average Bonchev–Trinajstić information content (AvgIpc) is 2.51. The van der Waals surface area contributed by atoms with E-state index in [4.69, 9.17) is 11.6 Å². The molecular formula is C11H15ClNS+. The third kappa shape index (κ3) is 2.38. The van der Waals surface area contributed by atoms with E-state index >= 15 is 0 Å². The lowest BCUT2D eigenvalue weighted by molar-refractivity contribution is -0.917. The van der Waals surface area contributed by atoms with Gasteiger partial charge in [-0.25, -0.2) is 0 Å². The molecule has 76 valence electrons. The standard InChI is InChI=1S/C11H15ClNS/c1-13(7-3-2-4-8-13)9-10-5-6-11(12)14-10/h2-3,5-6H,4,7-9H2,1H3/q+1. The molecule has 0 aliphatic carbocycles. The normalized spacial score (nSPS) is 26.7. The number of rotatable bonds is 2. The summed E-state index contributed by atoms with van der Waals surface area (Å²) in [7, 11) is 2.32. The van der Waals surface area contributed by atoms with Crippen molar-refractivity contribution in [1.29, 1.82) is 0 Å². The summed E-state index contributed by atoms with van der Waals surface area (Å²) in [4.78, 5) is 1.40. The van der Waals surface area contributed by atoms with Gasteiger partial charge in [-0.15, -0.1) is 11.3 Å². The van der Waals surface area contributed by atoms with Gasteiger partial charge in [0.05, 0.1) is 29.4 Å². The number of likely N-dealkylation sites (N-methyl/N-ethyl adjacent to an activating group) is 1. The second-order valence-corrected chi connectivity index (χ2v) is 5.95. The van der Waals surface area contributed by atoms with Crippen molar-refractivity contribution < 1.29 is 4.48 Å². The predicted molar refractivity (Wildman–Crippen MR) is 62.7 cm³/mol. The predicted octanol–water partition coefficient (Wildman–Crippen LogP) is 3.31. The summed E-state index contributed by atoms with van der Waals surface area (Å²) in [6.07, 6.45) is 5.77. The van der Waals surface area contributed by atoms with Crippen LogP contribution in [0.4, 0.5) is 0 Å². The van der Waals surface area contributed by atoms with Crippen molar-refractivity contribution >= 4 is 22.9 Å². The molecule has 14 heavy (non-hydrogen) atoms. The first-order chi connectivity index (χ1) is 6.68. The quantitative estimate of drug-likeness (QED) is 0.538. The van der Waals surface area contributed by atoms with Gasteiger partial charge in [0.15, 0.2) is 0 Å². The summed E-state index contributed by atoms with van der Waals surface area (Å²) in [5, 5.41) is 0. The lowest BCUT2D eigenvalue weighted by Gasteiger charge is -2.34. The monoisotopic (exact) mass is 228 g/mol. The molecule has 0 aromatic carbocycles. The molecule has 1 nitrogen and oxygen atoms in total. The van der Waals surface area contributed by atoms with Gasteiger partial charge in [-0.1, -0.05) is 17.7 Å². The van der Waals surface area contributed by atoms with Crippen molar-refractivity contribution in [3.8, 4) is 0 Å². The smallest absolute Gasteiger partial charge is 0.114 e. The summed E-state index contributed by atoms with van der Waals surface area (Å²) in [5.41, 5.74) is 0. The average molecular weight is 229 g/mol.